The Bertz CT molecular complexity index is 912. The highest BCUT2D eigenvalue weighted by Crippen LogP contribution is 2.35. The SMILES string of the molecule is Cc1nc2ccc(Cl)cc2c(-c2ccccc2F)c1C(N)=O.[Cl-]. The number of primary amides is 1. The first-order valence-corrected chi connectivity index (χ1v) is 7.01. The number of aryl methyl sites for hydroxylation is 1. The number of rotatable bonds is 2. The topological polar surface area (TPSA) is 56.0 Å². The van der Waals surface area contributed by atoms with E-state index in [1.54, 1.807) is 43.3 Å². The van der Waals surface area contributed by atoms with Gasteiger partial charge in [0.05, 0.1) is 16.8 Å². The molecule has 3 rings (SSSR count). The fraction of sp³-hybridized carbons (Fsp3) is 0.0588. The number of nitrogens with zero attached hydrogens (tertiary/aromatic N) is 1. The second-order valence-electron chi connectivity index (χ2n) is 4.95. The standard InChI is InChI=1S/C17H12ClFN2O.ClH/c1-9-15(17(20)22)16(11-4-2-3-5-13(11)19)12-8-10(18)6-7-14(12)21-9;/h2-8H,1H3,(H2,20,22);1H/p-1. The van der Waals surface area contributed by atoms with E-state index in [0.29, 0.717) is 32.7 Å². The van der Waals surface area contributed by atoms with Crippen molar-refractivity contribution in [2.45, 2.75) is 6.92 Å². The minimum absolute atomic E-state index is 0. The summed E-state index contributed by atoms with van der Waals surface area (Å²) < 4.78 is 14.3. The number of aromatic nitrogens is 1. The van der Waals surface area contributed by atoms with Gasteiger partial charge in [-0.15, -0.1) is 0 Å². The van der Waals surface area contributed by atoms with Crippen LogP contribution in [0.5, 0.6) is 0 Å². The van der Waals surface area contributed by atoms with E-state index in [1.807, 2.05) is 0 Å². The first kappa shape index (κ1) is 17.2. The predicted octanol–water partition coefficient (Wildman–Crippen LogP) is 1.11. The number of carbonyl (C=O) groups excluding carboxylic acids is 1. The van der Waals surface area contributed by atoms with Crippen LogP contribution in [0.1, 0.15) is 16.1 Å². The molecule has 1 amide bonds. The number of nitrogens with two attached hydrogens (primary N) is 1. The average molecular weight is 350 g/mol. The molecule has 0 radical (unpaired) electrons. The van der Waals surface area contributed by atoms with Crippen LogP contribution < -0.4 is 18.1 Å². The molecule has 1 heterocycles. The maximum Gasteiger partial charge on any atom is 0.251 e. The molecule has 2 N–H and O–H groups in total. The maximum absolute atomic E-state index is 14.3. The van der Waals surface area contributed by atoms with Gasteiger partial charge in [-0.2, -0.15) is 0 Å². The summed E-state index contributed by atoms with van der Waals surface area (Å²) in [5, 5.41) is 1.07. The van der Waals surface area contributed by atoms with Gasteiger partial charge in [0.2, 0.25) is 0 Å². The van der Waals surface area contributed by atoms with Crippen molar-refractivity contribution in [1.29, 1.82) is 0 Å². The Morgan fingerprint density at radius 1 is 1.22 bits per heavy atom. The van der Waals surface area contributed by atoms with E-state index in [-0.39, 0.29) is 18.0 Å². The Hall–Kier alpha value is -2.17. The van der Waals surface area contributed by atoms with Crippen LogP contribution in [0.2, 0.25) is 5.02 Å². The number of benzene rings is 2. The lowest BCUT2D eigenvalue weighted by Gasteiger charge is -2.14. The van der Waals surface area contributed by atoms with E-state index in [2.05, 4.69) is 4.98 Å². The molecule has 2 aromatic carbocycles. The van der Waals surface area contributed by atoms with Crippen molar-refractivity contribution in [1.82, 2.24) is 4.98 Å². The lowest BCUT2D eigenvalue weighted by atomic mass is 9.93. The zero-order valence-corrected chi connectivity index (χ0v) is 13.6. The van der Waals surface area contributed by atoms with Crippen LogP contribution in [0.4, 0.5) is 4.39 Å². The molecule has 3 aromatic rings. The summed E-state index contributed by atoms with van der Waals surface area (Å²) in [6.45, 7) is 1.68. The Balaban J connectivity index is 0.00000192. The van der Waals surface area contributed by atoms with Crippen molar-refractivity contribution < 1.29 is 21.6 Å². The number of fused-ring (bicyclic) bond motifs is 1. The van der Waals surface area contributed by atoms with Gasteiger partial charge in [-0.3, -0.25) is 9.78 Å². The molecule has 23 heavy (non-hydrogen) atoms. The van der Waals surface area contributed by atoms with E-state index < -0.39 is 11.7 Å². The summed E-state index contributed by atoms with van der Waals surface area (Å²) >= 11 is 6.05. The molecule has 3 nitrogen and oxygen atoms in total. The van der Waals surface area contributed by atoms with Crippen molar-refractivity contribution in [2.75, 3.05) is 0 Å². The first-order chi connectivity index (χ1) is 10.5. The summed E-state index contributed by atoms with van der Waals surface area (Å²) in [7, 11) is 0. The van der Waals surface area contributed by atoms with Crippen LogP contribution in [0.15, 0.2) is 42.5 Å². The molecule has 0 fully saturated rings. The molecular weight excluding hydrogens is 338 g/mol. The van der Waals surface area contributed by atoms with E-state index in [9.17, 15) is 9.18 Å². The van der Waals surface area contributed by atoms with E-state index >= 15 is 0 Å². The molecule has 0 saturated carbocycles. The Kier molecular flexibility index (Phi) is 4.88. The highest BCUT2D eigenvalue weighted by atomic mass is 35.5. The van der Waals surface area contributed by atoms with Gasteiger partial charge < -0.3 is 18.1 Å². The summed E-state index contributed by atoms with van der Waals surface area (Å²) in [6.07, 6.45) is 0. The van der Waals surface area contributed by atoms with Crippen molar-refractivity contribution >= 4 is 28.4 Å². The van der Waals surface area contributed by atoms with Crippen LogP contribution in [0.25, 0.3) is 22.0 Å². The van der Waals surface area contributed by atoms with Crippen LogP contribution >= 0.6 is 11.6 Å². The number of hydrogen-bond acceptors (Lipinski definition) is 2. The third-order valence-corrected chi connectivity index (χ3v) is 3.75. The summed E-state index contributed by atoms with van der Waals surface area (Å²) in [5.74, 6) is -1.08. The highest BCUT2D eigenvalue weighted by Gasteiger charge is 2.20. The lowest BCUT2D eigenvalue weighted by molar-refractivity contribution is -0.0000134. The van der Waals surface area contributed by atoms with Crippen molar-refractivity contribution in [3.8, 4) is 11.1 Å². The summed E-state index contributed by atoms with van der Waals surface area (Å²) in [5.41, 5.74) is 7.52. The number of hydrogen-bond donors (Lipinski definition) is 1. The van der Waals surface area contributed by atoms with Crippen LogP contribution in [-0.2, 0) is 0 Å². The van der Waals surface area contributed by atoms with E-state index in [1.165, 1.54) is 6.07 Å². The van der Waals surface area contributed by atoms with Crippen molar-refractivity contribution in [2.24, 2.45) is 5.73 Å². The molecule has 6 heteroatoms. The summed E-state index contributed by atoms with van der Waals surface area (Å²) in [6, 6.07) is 11.3. The average Bonchev–Trinajstić information content (AvgIpc) is 2.47. The smallest absolute Gasteiger partial charge is 0.251 e. The highest BCUT2D eigenvalue weighted by molar-refractivity contribution is 6.31. The Morgan fingerprint density at radius 3 is 2.57 bits per heavy atom. The monoisotopic (exact) mass is 349 g/mol. The maximum atomic E-state index is 14.3. The van der Waals surface area contributed by atoms with Gasteiger partial charge in [-0.1, -0.05) is 29.8 Å². The molecule has 0 aliphatic carbocycles. The molecule has 0 atom stereocenters. The minimum Gasteiger partial charge on any atom is -1.00 e. The number of halogens is 3. The predicted molar refractivity (Wildman–Crippen MR) is 85.4 cm³/mol. The molecule has 118 valence electrons. The quantitative estimate of drug-likeness (QED) is 0.753. The van der Waals surface area contributed by atoms with Crippen molar-refractivity contribution in [3.63, 3.8) is 0 Å². The molecule has 0 bridgehead atoms. The number of carbonyl (C=O) groups is 1. The molecule has 0 saturated heterocycles. The van der Waals surface area contributed by atoms with Gasteiger partial charge in [-0.05, 0) is 31.2 Å². The van der Waals surface area contributed by atoms with Gasteiger partial charge in [0.15, 0.2) is 0 Å². The largest absolute Gasteiger partial charge is 1.00 e. The molecule has 1 aromatic heterocycles. The van der Waals surface area contributed by atoms with Crippen LogP contribution in [0.3, 0.4) is 0 Å². The number of amides is 1. The fourth-order valence-corrected chi connectivity index (χ4v) is 2.78. The van der Waals surface area contributed by atoms with Gasteiger partial charge in [0.1, 0.15) is 5.82 Å². The van der Waals surface area contributed by atoms with E-state index in [0.717, 1.165) is 0 Å². The fourth-order valence-electron chi connectivity index (χ4n) is 2.60. The molecule has 0 unspecified atom stereocenters. The first-order valence-electron chi connectivity index (χ1n) is 6.63. The Labute approximate surface area is 143 Å². The normalized spacial score (nSPS) is 10.4. The van der Waals surface area contributed by atoms with Gasteiger partial charge in [0.25, 0.3) is 5.91 Å². The van der Waals surface area contributed by atoms with Crippen molar-refractivity contribution in [3.05, 3.63) is 64.6 Å². The van der Waals surface area contributed by atoms with Crippen LogP contribution in [0, 0.1) is 12.7 Å². The summed E-state index contributed by atoms with van der Waals surface area (Å²) in [4.78, 5) is 16.3. The lowest BCUT2D eigenvalue weighted by Crippen LogP contribution is -3.00. The molecular formula is C17H12Cl2FN2O-. The zero-order valence-electron chi connectivity index (χ0n) is 12.1. The van der Waals surface area contributed by atoms with E-state index in [4.69, 9.17) is 17.3 Å². The number of pyridine rings is 1. The zero-order chi connectivity index (χ0) is 15.9. The van der Waals surface area contributed by atoms with Gasteiger partial charge in [-0.25, -0.2) is 4.39 Å². The second-order valence-corrected chi connectivity index (χ2v) is 5.39. The molecule has 0 aliphatic rings. The Morgan fingerprint density at radius 2 is 1.91 bits per heavy atom. The third-order valence-electron chi connectivity index (χ3n) is 3.52. The van der Waals surface area contributed by atoms with Crippen LogP contribution in [-0.4, -0.2) is 10.9 Å². The van der Waals surface area contributed by atoms with Gasteiger partial charge >= 0.3 is 0 Å². The molecule has 0 spiro atoms. The molecule has 0 aliphatic heterocycles. The third kappa shape index (κ3) is 3.00. The second kappa shape index (κ2) is 6.52. The van der Waals surface area contributed by atoms with Gasteiger partial charge in [0, 0.05) is 21.5 Å². The minimum atomic E-state index is -0.648.